The fourth-order valence-electron chi connectivity index (χ4n) is 5.74. The van der Waals surface area contributed by atoms with Gasteiger partial charge in [0.05, 0.1) is 18.3 Å². The predicted octanol–water partition coefficient (Wildman–Crippen LogP) is 5.17. The molecule has 36 heavy (non-hydrogen) atoms. The van der Waals surface area contributed by atoms with E-state index < -0.39 is 34.9 Å². The van der Waals surface area contributed by atoms with Crippen molar-refractivity contribution in [1.29, 1.82) is 0 Å². The van der Waals surface area contributed by atoms with Gasteiger partial charge in [-0.05, 0) is 49.9 Å². The summed E-state index contributed by atoms with van der Waals surface area (Å²) in [6, 6.07) is 5.40. The number of ether oxygens (including phenoxy) is 2. The first kappa shape index (κ1) is 23.1. The van der Waals surface area contributed by atoms with Gasteiger partial charge in [0.15, 0.2) is 23.1 Å². The molecule has 2 atom stereocenters. The van der Waals surface area contributed by atoms with Gasteiger partial charge < -0.3 is 19.1 Å². The van der Waals surface area contributed by atoms with Crippen molar-refractivity contribution in [3.05, 3.63) is 59.2 Å². The molecular formula is C26H24F3N3O4. The molecule has 2 aromatic heterocycles. The minimum absolute atomic E-state index is 0.0678. The summed E-state index contributed by atoms with van der Waals surface area (Å²) in [5, 5.41) is 17.3. The van der Waals surface area contributed by atoms with Crippen molar-refractivity contribution in [3.8, 4) is 5.69 Å². The first-order chi connectivity index (χ1) is 17.3. The number of rotatable bonds is 4. The summed E-state index contributed by atoms with van der Waals surface area (Å²) in [6.07, 6.45) is 2.96. The summed E-state index contributed by atoms with van der Waals surface area (Å²) in [4.78, 5) is 11.9. The lowest BCUT2D eigenvalue weighted by atomic mass is 9.84. The Labute approximate surface area is 203 Å². The van der Waals surface area contributed by atoms with E-state index in [9.17, 15) is 18.7 Å². The SMILES string of the molecule is C[C@@]1(C(=O)O)C[C@@H](c2c(C3CCOCC3)n(-c3ccc(F)c(F)c3)c3cc4cn[nH]c4c(F)c23)CO1. The number of carboxylic acid groups (broad SMARTS) is 1. The quantitative estimate of drug-likeness (QED) is 0.405. The summed E-state index contributed by atoms with van der Waals surface area (Å²) < 4.78 is 57.6. The van der Waals surface area contributed by atoms with Crippen LogP contribution in [-0.4, -0.2) is 51.3 Å². The topological polar surface area (TPSA) is 89.4 Å². The molecule has 2 N–H and O–H groups in total. The number of hydrogen-bond acceptors (Lipinski definition) is 4. The number of H-pyrrole nitrogens is 1. The molecule has 0 spiro atoms. The van der Waals surface area contributed by atoms with Gasteiger partial charge in [-0.1, -0.05) is 0 Å². The molecule has 0 unspecified atom stereocenters. The van der Waals surface area contributed by atoms with Gasteiger partial charge in [-0.25, -0.2) is 18.0 Å². The van der Waals surface area contributed by atoms with Crippen LogP contribution in [0.5, 0.6) is 0 Å². The van der Waals surface area contributed by atoms with Crippen LogP contribution in [0.25, 0.3) is 27.5 Å². The second-order valence-electron chi connectivity index (χ2n) is 9.79. The number of aromatic amines is 1. The molecule has 6 rings (SSSR count). The van der Waals surface area contributed by atoms with Crippen LogP contribution in [0.3, 0.4) is 0 Å². The van der Waals surface area contributed by atoms with E-state index in [1.165, 1.54) is 19.2 Å². The lowest BCUT2D eigenvalue weighted by molar-refractivity contribution is -0.157. The second kappa shape index (κ2) is 8.35. The maximum Gasteiger partial charge on any atom is 0.335 e. The zero-order chi connectivity index (χ0) is 25.2. The summed E-state index contributed by atoms with van der Waals surface area (Å²) in [7, 11) is 0. The van der Waals surface area contributed by atoms with E-state index in [-0.39, 0.29) is 24.5 Å². The highest BCUT2D eigenvalue weighted by Gasteiger charge is 2.46. The molecule has 0 aliphatic carbocycles. The predicted molar refractivity (Wildman–Crippen MR) is 125 cm³/mol. The Bertz CT molecular complexity index is 1510. The standard InChI is InChI=1S/C26H24F3N3O4/c1-26(25(33)34)10-15(12-36-26)20-21-19(8-14-11-30-31-23(14)22(21)29)32(16-2-3-17(27)18(28)9-16)24(20)13-4-6-35-7-5-13/h2-3,8-9,11,13,15H,4-7,10,12H2,1H3,(H,30,31)(H,33,34)/t15-,26+/m1/s1. The van der Waals surface area contributed by atoms with Crippen molar-refractivity contribution in [2.75, 3.05) is 19.8 Å². The Hall–Kier alpha value is -3.37. The number of carbonyl (C=O) groups is 1. The summed E-state index contributed by atoms with van der Waals surface area (Å²) in [5.74, 6) is -4.09. The van der Waals surface area contributed by atoms with E-state index >= 15 is 4.39 Å². The maximum absolute atomic E-state index is 16.2. The van der Waals surface area contributed by atoms with Crippen molar-refractivity contribution >= 4 is 27.8 Å². The van der Waals surface area contributed by atoms with Gasteiger partial charge in [0.25, 0.3) is 0 Å². The number of aromatic nitrogens is 3. The Morgan fingerprint density at radius 1 is 1.17 bits per heavy atom. The van der Waals surface area contributed by atoms with Crippen LogP contribution in [0.2, 0.25) is 0 Å². The zero-order valence-electron chi connectivity index (χ0n) is 19.5. The number of hydrogen-bond donors (Lipinski definition) is 2. The molecule has 2 aliphatic heterocycles. The molecule has 0 saturated carbocycles. The van der Waals surface area contributed by atoms with Crippen LogP contribution in [-0.2, 0) is 14.3 Å². The molecule has 2 aliphatic rings. The number of fused-ring (bicyclic) bond motifs is 2. The number of nitrogens with zero attached hydrogens (tertiary/aromatic N) is 2. The van der Waals surface area contributed by atoms with E-state index in [2.05, 4.69) is 10.2 Å². The van der Waals surface area contributed by atoms with E-state index in [1.54, 1.807) is 10.6 Å². The number of halogens is 3. The van der Waals surface area contributed by atoms with Crippen LogP contribution in [0, 0.1) is 17.5 Å². The van der Waals surface area contributed by atoms with Gasteiger partial charge in [-0.2, -0.15) is 5.10 Å². The van der Waals surface area contributed by atoms with E-state index in [0.29, 0.717) is 53.6 Å². The molecule has 0 amide bonds. The van der Waals surface area contributed by atoms with E-state index in [1.807, 2.05) is 0 Å². The average molecular weight is 499 g/mol. The van der Waals surface area contributed by atoms with Crippen LogP contribution < -0.4 is 0 Å². The smallest absolute Gasteiger partial charge is 0.335 e. The molecular weight excluding hydrogens is 475 g/mol. The molecule has 10 heteroatoms. The van der Waals surface area contributed by atoms with Crippen LogP contribution in [0.4, 0.5) is 13.2 Å². The largest absolute Gasteiger partial charge is 0.479 e. The van der Waals surface area contributed by atoms with Crippen molar-refractivity contribution in [2.45, 2.75) is 43.6 Å². The highest BCUT2D eigenvalue weighted by molar-refractivity contribution is 6.00. The molecule has 2 saturated heterocycles. The minimum Gasteiger partial charge on any atom is -0.479 e. The Morgan fingerprint density at radius 3 is 2.64 bits per heavy atom. The minimum atomic E-state index is -1.41. The van der Waals surface area contributed by atoms with Crippen molar-refractivity contribution in [2.24, 2.45) is 0 Å². The molecule has 7 nitrogen and oxygen atoms in total. The molecule has 188 valence electrons. The molecule has 0 bridgehead atoms. The third kappa shape index (κ3) is 3.42. The lowest BCUT2D eigenvalue weighted by Gasteiger charge is -2.27. The third-order valence-corrected chi connectivity index (χ3v) is 7.55. The Kier molecular flexibility index (Phi) is 5.34. The Morgan fingerprint density at radius 2 is 1.94 bits per heavy atom. The molecule has 2 aromatic carbocycles. The lowest BCUT2D eigenvalue weighted by Crippen LogP contribution is -2.34. The first-order valence-corrected chi connectivity index (χ1v) is 11.9. The van der Waals surface area contributed by atoms with E-state index in [4.69, 9.17) is 9.47 Å². The van der Waals surface area contributed by atoms with Crippen molar-refractivity contribution in [1.82, 2.24) is 14.8 Å². The van der Waals surface area contributed by atoms with Gasteiger partial charge in [-0.3, -0.25) is 5.10 Å². The molecule has 2 fully saturated rings. The van der Waals surface area contributed by atoms with Gasteiger partial charge in [0, 0.05) is 53.3 Å². The fourth-order valence-corrected chi connectivity index (χ4v) is 5.74. The number of nitrogens with one attached hydrogen (secondary N) is 1. The molecule has 4 heterocycles. The molecule has 0 radical (unpaired) electrons. The van der Waals surface area contributed by atoms with Crippen LogP contribution >= 0.6 is 0 Å². The van der Waals surface area contributed by atoms with Gasteiger partial charge in [0.1, 0.15) is 5.52 Å². The monoisotopic (exact) mass is 499 g/mol. The first-order valence-electron chi connectivity index (χ1n) is 11.9. The van der Waals surface area contributed by atoms with Crippen molar-refractivity contribution in [3.63, 3.8) is 0 Å². The average Bonchev–Trinajstić information content (AvgIpc) is 3.58. The number of carboxylic acids is 1. The van der Waals surface area contributed by atoms with Gasteiger partial charge >= 0.3 is 5.97 Å². The maximum atomic E-state index is 16.2. The number of aliphatic carboxylic acids is 1. The second-order valence-corrected chi connectivity index (χ2v) is 9.79. The van der Waals surface area contributed by atoms with Gasteiger partial charge in [-0.15, -0.1) is 0 Å². The highest BCUT2D eigenvalue weighted by Crippen LogP contribution is 2.48. The van der Waals surface area contributed by atoms with Crippen molar-refractivity contribution < 1.29 is 32.5 Å². The van der Waals surface area contributed by atoms with Gasteiger partial charge in [0.2, 0.25) is 0 Å². The van der Waals surface area contributed by atoms with Crippen LogP contribution in [0.1, 0.15) is 49.3 Å². The van der Waals surface area contributed by atoms with E-state index in [0.717, 1.165) is 17.8 Å². The number of benzene rings is 2. The third-order valence-electron chi connectivity index (χ3n) is 7.55. The molecule has 4 aromatic rings. The summed E-state index contributed by atoms with van der Waals surface area (Å²) in [6.45, 7) is 2.62. The summed E-state index contributed by atoms with van der Waals surface area (Å²) in [5.41, 5.74) is 1.04. The fraction of sp³-hybridized carbons (Fsp3) is 0.385. The Balaban J connectivity index is 1.70. The normalized spacial score (nSPS) is 23.2. The van der Waals surface area contributed by atoms with Crippen LogP contribution in [0.15, 0.2) is 30.5 Å². The highest BCUT2D eigenvalue weighted by atomic mass is 19.2. The summed E-state index contributed by atoms with van der Waals surface area (Å²) >= 11 is 0. The zero-order valence-corrected chi connectivity index (χ0v) is 19.5.